The molecule has 2 atom stereocenters. The van der Waals surface area contributed by atoms with E-state index in [2.05, 4.69) is 13.8 Å². The van der Waals surface area contributed by atoms with Gasteiger partial charge in [0.1, 0.15) is 6.73 Å². The molecule has 1 aliphatic heterocycles. The molecule has 1 saturated heterocycles. The van der Waals surface area contributed by atoms with Crippen LogP contribution >= 0.6 is 0 Å². The van der Waals surface area contributed by atoms with Crippen molar-refractivity contribution in [3.63, 3.8) is 0 Å². The van der Waals surface area contributed by atoms with Crippen molar-refractivity contribution >= 4 is 5.91 Å². The Balaban J connectivity index is 2.15. The van der Waals surface area contributed by atoms with Crippen LogP contribution in [-0.2, 0) is 9.53 Å². The van der Waals surface area contributed by atoms with Crippen molar-refractivity contribution in [2.75, 3.05) is 19.9 Å². The molecule has 1 aliphatic carbocycles. The van der Waals surface area contributed by atoms with Crippen molar-refractivity contribution in [3.05, 3.63) is 0 Å². The summed E-state index contributed by atoms with van der Waals surface area (Å²) in [4.78, 5) is 13.7. The Morgan fingerprint density at radius 1 is 1.62 bits per heavy atom. The van der Waals surface area contributed by atoms with E-state index < -0.39 is 0 Å². The lowest BCUT2D eigenvalue weighted by Gasteiger charge is -2.20. The number of amides is 1. The molecule has 2 aliphatic rings. The summed E-state index contributed by atoms with van der Waals surface area (Å²) in [5.74, 6) is 0.960. The number of nitrogens with zero attached hydrogens (tertiary/aromatic N) is 1. The maximum Gasteiger partial charge on any atom is 0.228 e. The number of hydrogen-bond donors (Lipinski definition) is 0. The Morgan fingerprint density at radius 2 is 2.31 bits per heavy atom. The van der Waals surface area contributed by atoms with Gasteiger partial charge in [0.2, 0.25) is 5.91 Å². The van der Waals surface area contributed by atoms with Crippen molar-refractivity contribution < 1.29 is 9.53 Å². The van der Waals surface area contributed by atoms with E-state index in [0.29, 0.717) is 12.6 Å². The molecule has 0 bridgehead atoms. The first-order valence-electron chi connectivity index (χ1n) is 4.95. The minimum absolute atomic E-state index is 0.172. The zero-order valence-electron chi connectivity index (χ0n) is 8.54. The van der Waals surface area contributed by atoms with Crippen LogP contribution in [0.15, 0.2) is 0 Å². The van der Waals surface area contributed by atoms with Gasteiger partial charge in [-0.1, -0.05) is 13.8 Å². The number of carbonyl (C=O) groups is 1. The van der Waals surface area contributed by atoms with Crippen molar-refractivity contribution in [1.82, 2.24) is 4.90 Å². The lowest BCUT2D eigenvalue weighted by molar-refractivity contribution is -0.136. The fourth-order valence-electron chi connectivity index (χ4n) is 2.34. The fourth-order valence-corrected chi connectivity index (χ4v) is 2.34. The summed E-state index contributed by atoms with van der Waals surface area (Å²) in [6.45, 7) is 8.30. The van der Waals surface area contributed by atoms with Crippen molar-refractivity contribution in [3.8, 4) is 0 Å². The first kappa shape index (κ1) is 9.00. The van der Waals surface area contributed by atoms with E-state index in [0.717, 1.165) is 13.2 Å². The van der Waals surface area contributed by atoms with E-state index >= 15 is 0 Å². The Hall–Kier alpha value is -0.570. The Labute approximate surface area is 79.0 Å². The standard InChI is InChI=1S/C10H17NO2/c1-4-11-6-13-5-7-8(9(11)12)10(7,2)3/h7-8H,4-6H2,1-3H3. The summed E-state index contributed by atoms with van der Waals surface area (Å²) in [5, 5.41) is 0. The largest absolute Gasteiger partial charge is 0.361 e. The van der Waals surface area contributed by atoms with E-state index in [-0.39, 0.29) is 17.2 Å². The fraction of sp³-hybridized carbons (Fsp3) is 0.900. The van der Waals surface area contributed by atoms with Gasteiger partial charge in [0.15, 0.2) is 0 Å². The number of hydrogen-bond acceptors (Lipinski definition) is 2. The molecule has 3 heteroatoms. The van der Waals surface area contributed by atoms with Gasteiger partial charge in [-0.15, -0.1) is 0 Å². The van der Waals surface area contributed by atoms with Crippen LogP contribution in [0.3, 0.4) is 0 Å². The third-order valence-electron chi connectivity index (χ3n) is 3.55. The topological polar surface area (TPSA) is 29.5 Å². The first-order valence-corrected chi connectivity index (χ1v) is 4.95. The average molecular weight is 183 g/mol. The smallest absolute Gasteiger partial charge is 0.228 e. The Morgan fingerprint density at radius 3 is 2.92 bits per heavy atom. The van der Waals surface area contributed by atoms with Crippen LogP contribution in [0.4, 0.5) is 0 Å². The molecule has 2 fully saturated rings. The van der Waals surface area contributed by atoms with E-state index in [9.17, 15) is 4.79 Å². The summed E-state index contributed by atoms with van der Waals surface area (Å²) in [5.41, 5.74) is 0.172. The second-order valence-corrected chi connectivity index (χ2v) is 4.60. The number of fused-ring (bicyclic) bond motifs is 1. The van der Waals surface area contributed by atoms with Crippen LogP contribution in [0.5, 0.6) is 0 Å². The molecule has 1 amide bonds. The van der Waals surface area contributed by atoms with Crippen molar-refractivity contribution in [2.24, 2.45) is 17.3 Å². The predicted octanol–water partition coefficient (Wildman–Crippen LogP) is 1.09. The van der Waals surface area contributed by atoms with Crippen LogP contribution in [0.2, 0.25) is 0 Å². The van der Waals surface area contributed by atoms with Gasteiger partial charge in [-0.25, -0.2) is 0 Å². The molecule has 3 nitrogen and oxygen atoms in total. The zero-order chi connectivity index (χ0) is 9.64. The van der Waals surface area contributed by atoms with Crippen LogP contribution < -0.4 is 0 Å². The van der Waals surface area contributed by atoms with E-state index in [1.54, 1.807) is 4.90 Å². The van der Waals surface area contributed by atoms with Crippen molar-refractivity contribution in [2.45, 2.75) is 20.8 Å². The van der Waals surface area contributed by atoms with Gasteiger partial charge in [-0.2, -0.15) is 0 Å². The quantitative estimate of drug-likeness (QED) is 0.609. The maximum atomic E-state index is 11.9. The minimum Gasteiger partial charge on any atom is -0.361 e. The highest BCUT2D eigenvalue weighted by atomic mass is 16.5. The molecule has 2 rings (SSSR count). The summed E-state index contributed by atoms with van der Waals surface area (Å²) in [7, 11) is 0. The van der Waals surface area contributed by atoms with Crippen LogP contribution in [-0.4, -0.2) is 30.7 Å². The third-order valence-corrected chi connectivity index (χ3v) is 3.55. The molecule has 0 spiro atoms. The lowest BCUT2D eigenvalue weighted by Crippen LogP contribution is -2.34. The van der Waals surface area contributed by atoms with Gasteiger partial charge in [0.05, 0.1) is 6.61 Å². The normalized spacial score (nSPS) is 36.8. The maximum absolute atomic E-state index is 11.9. The molecular weight excluding hydrogens is 166 g/mol. The van der Waals surface area contributed by atoms with Gasteiger partial charge in [0.25, 0.3) is 0 Å². The zero-order valence-corrected chi connectivity index (χ0v) is 8.54. The SMILES string of the molecule is CCN1COCC2C(C1=O)C2(C)C. The summed E-state index contributed by atoms with van der Waals surface area (Å²) in [6.07, 6.45) is 0. The molecule has 0 aromatic carbocycles. The Bertz CT molecular complexity index is 237. The molecular formula is C10H17NO2. The molecule has 74 valence electrons. The van der Waals surface area contributed by atoms with Crippen LogP contribution in [0, 0.1) is 17.3 Å². The van der Waals surface area contributed by atoms with E-state index in [1.807, 2.05) is 6.92 Å². The van der Waals surface area contributed by atoms with Gasteiger partial charge in [0, 0.05) is 18.4 Å². The highest BCUT2D eigenvalue weighted by Crippen LogP contribution is 2.59. The summed E-state index contributed by atoms with van der Waals surface area (Å²) >= 11 is 0. The molecule has 1 saturated carbocycles. The van der Waals surface area contributed by atoms with Crippen molar-refractivity contribution in [1.29, 1.82) is 0 Å². The van der Waals surface area contributed by atoms with Crippen LogP contribution in [0.25, 0.3) is 0 Å². The Kier molecular flexibility index (Phi) is 1.88. The molecule has 2 unspecified atom stereocenters. The van der Waals surface area contributed by atoms with Gasteiger partial charge in [-0.3, -0.25) is 4.79 Å². The second-order valence-electron chi connectivity index (χ2n) is 4.60. The van der Waals surface area contributed by atoms with E-state index in [4.69, 9.17) is 4.74 Å². The molecule has 0 N–H and O–H groups in total. The molecule has 0 aromatic rings. The highest BCUT2D eigenvalue weighted by molar-refractivity contribution is 5.83. The minimum atomic E-state index is 0.172. The monoisotopic (exact) mass is 183 g/mol. The highest BCUT2D eigenvalue weighted by Gasteiger charge is 2.63. The lowest BCUT2D eigenvalue weighted by atomic mass is 10.1. The molecule has 1 heterocycles. The number of carbonyl (C=O) groups excluding carboxylic acids is 1. The summed E-state index contributed by atoms with van der Waals surface area (Å²) in [6, 6.07) is 0. The third kappa shape index (κ3) is 1.17. The van der Waals surface area contributed by atoms with Gasteiger partial charge < -0.3 is 9.64 Å². The molecule has 0 radical (unpaired) electrons. The van der Waals surface area contributed by atoms with Gasteiger partial charge in [-0.05, 0) is 12.3 Å². The number of ether oxygens (including phenoxy) is 1. The molecule has 13 heavy (non-hydrogen) atoms. The van der Waals surface area contributed by atoms with E-state index in [1.165, 1.54) is 0 Å². The van der Waals surface area contributed by atoms with Gasteiger partial charge >= 0.3 is 0 Å². The van der Waals surface area contributed by atoms with Crippen LogP contribution in [0.1, 0.15) is 20.8 Å². The number of rotatable bonds is 1. The average Bonchev–Trinajstić information content (AvgIpc) is 2.66. The predicted molar refractivity (Wildman–Crippen MR) is 49.0 cm³/mol. The first-order chi connectivity index (χ1) is 6.09. The second kappa shape index (κ2) is 2.71. The molecule has 0 aromatic heterocycles. The summed E-state index contributed by atoms with van der Waals surface area (Å²) < 4.78 is 5.46.